The molecule has 0 spiro atoms. The molecule has 2 aromatic carbocycles. The van der Waals surface area contributed by atoms with Gasteiger partial charge in [0, 0.05) is 17.8 Å². The van der Waals surface area contributed by atoms with Crippen molar-refractivity contribution in [1.82, 2.24) is 0 Å². The molecule has 0 heterocycles. The Kier molecular flexibility index (Phi) is 6.57. The molecule has 5 heteroatoms. The fourth-order valence-corrected chi connectivity index (χ4v) is 2.57. The molecule has 0 saturated carbocycles. The minimum absolute atomic E-state index is 0.0634. The number of likely N-dealkylation sites (N-methyl/N-ethyl adjacent to an activating group) is 1. The van der Waals surface area contributed by atoms with Gasteiger partial charge in [0.2, 0.25) is 0 Å². The number of esters is 1. The van der Waals surface area contributed by atoms with Crippen LogP contribution in [0.15, 0.2) is 48.5 Å². The Balaban J connectivity index is 1.95. The van der Waals surface area contributed by atoms with E-state index in [2.05, 4.69) is 0 Å². The van der Waals surface area contributed by atoms with Gasteiger partial charge in [0.25, 0.3) is 5.91 Å². The van der Waals surface area contributed by atoms with E-state index >= 15 is 0 Å². The highest BCUT2D eigenvalue weighted by molar-refractivity contribution is 5.95. The van der Waals surface area contributed by atoms with Crippen LogP contribution < -0.4 is 9.64 Å². The summed E-state index contributed by atoms with van der Waals surface area (Å²) < 4.78 is 10.4. The van der Waals surface area contributed by atoms with E-state index in [9.17, 15) is 9.59 Å². The summed E-state index contributed by atoms with van der Waals surface area (Å²) in [5.41, 5.74) is 2.60. The highest BCUT2D eigenvalue weighted by Crippen LogP contribution is 2.18. The lowest BCUT2D eigenvalue weighted by molar-refractivity contribution is -0.147. The van der Waals surface area contributed by atoms with Crippen molar-refractivity contribution in [1.29, 1.82) is 0 Å². The molecule has 2 aromatic rings. The van der Waals surface area contributed by atoms with E-state index in [4.69, 9.17) is 9.47 Å². The van der Waals surface area contributed by atoms with Gasteiger partial charge in [-0.15, -0.1) is 0 Å². The van der Waals surface area contributed by atoms with E-state index in [1.807, 2.05) is 50.2 Å². The first-order chi connectivity index (χ1) is 12.0. The zero-order valence-corrected chi connectivity index (χ0v) is 14.8. The second kappa shape index (κ2) is 8.87. The van der Waals surface area contributed by atoms with Gasteiger partial charge in [-0.05, 0) is 37.6 Å². The summed E-state index contributed by atoms with van der Waals surface area (Å²) in [6.07, 6.45) is 0.0634. The second-order valence-electron chi connectivity index (χ2n) is 5.63. The van der Waals surface area contributed by atoms with Gasteiger partial charge < -0.3 is 14.4 Å². The predicted octanol–water partition coefficient (Wildman–Crippen LogP) is 3.14. The molecule has 2 rings (SSSR count). The van der Waals surface area contributed by atoms with E-state index in [1.165, 1.54) is 0 Å². The number of rotatable bonds is 7. The van der Waals surface area contributed by atoms with Crippen molar-refractivity contribution >= 4 is 17.6 Å². The fourth-order valence-electron chi connectivity index (χ4n) is 2.57. The lowest BCUT2D eigenvalue weighted by Crippen LogP contribution is -2.34. The van der Waals surface area contributed by atoms with Crippen molar-refractivity contribution < 1.29 is 19.1 Å². The molecule has 0 saturated heterocycles. The number of methoxy groups -OCH3 is 1. The van der Waals surface area contributed by atoms with Crippen molar-refractivity contribution in [2.24, 2.45) is 0 Å². The maximum absolute atomic E-state index is 12.4. The van der Waals surface area contributed by atoms with Crippen LogP contribution in [-0.2, 0) is 20.7 Å². The minimum atomic E-state index is -0.460. The summed E-state index contributed by atoms with van der Waals surface area (Å²) in [5, 5.41) is 0. The molecule has 0 bridgehead atoms. The van der Waals surface area contributed by atoms with Gasteiger partial charge in [-0.1, -0.05) is 30.3 Å². The molecule has 132 valence electrons. The van der Waals surface area contributed by atoms with Crippen molar-refractivity contribution in [2.75, 3.05) is 25.2 Å². The third-order valence-electron chi connectivity index (χ3n) is 3.81. The first-order valence-electron chi connectivity index (χ1n) is 8.19. The van der Waals surface area contributed by atoms with Crippen LogP contribution in [0, 0.1) is 6.92 Å². The summed E-state index contributed by atoms with van der Waals surface area (Å²) >= 11 is 0. The number of hydrogen-bond acceptors (Lipinski definition) is 4. The molecule has 0 aromatic heterocycles. The number of carbonyl (C=O) groups is 2. The third-order valence-corrected chi connectivity index (χ3v) is 3.81. The Hall–Kier alpha value is -2.82. The van der Waals surface area contributed by atoms with Crippen LogP contribution in [0.5, 0.6) is 5.75 Å². The van der Waals surface area contributed by atoms with Gasteiger partial charge in [-0.2, -0.15) is 0 Å². The average molecular weight is 341 g/mol. The standard InChI is InChI=1S/C20H23NO4/c1-4-21(17-10-7-8-15(2)12-17)19(22)14-25-20(23)13-16-9-5-6-11-18(16)24-3/h5-12H,4,13-14H2,1-3H3. The molecule has 0 N–H and O–H groups in total. The van der Waals surface area contributed by atoms with Crippen molar-refractivity contribution in [3.8, 4) is 5.75 Å². The van der Waals surface area contributed by atoms with Crippen LogP contribution in [0.4, 0.5) is 5.69 Å². The Morgan fingerprint density at radius 2 is 1.84 bits per heavy atom. The number of anilines is 1. The molecule has 0 aliphatic carbocycles. The quantitative estimate of drug-likeness (QED) is 0.726. The summed E-state index contributed by atoms with van der Waals surface area (Å²) in [6, 6.07) is 14.9. The van der Waals surface area contributed by atoms with Crippen LogP contribution >= 0.6 is 0 Å². The molecule has 25 heavy (non-hydrogen) atoms. The van der Waals surface area contributed by atoms with Gasteiger partial charge in [-0.25, -0.2) is 0 Å². The van der Waals surface area contributed by atoms with Gasteiger partial charge in [-0.3, -0.25) is 9.59 Å². The molecule has 0 aliphatic rings. The molecular weight excluding hydrogens is 318 g/mol. The number of amides is 1. The van der Waals surface area contributed by atoms with Crippen LogP contribution in [0.3, 0.4) is 0 Å². The smallest absolute Gasteiger partial charge is 0.310 e. The maximum Gasteiger partial charge on any atom is 0.310 e. The van der Waals surface area contributed by atoms with Gasteiger partial charge >= 0.3 is 5.97 Å². The number of ether oxygens (including phenoxy) is 2. The number of nitrogens with zero attached hydrogens (tertiary/aromatic N) is 1. The van der Waals surface area contributed by atoms with Crippen LogP contribution in [-0.4, -0.2) is 32.1 Å². The summed E-state index contributed by atoms with van der Waals surface area (Å²) in [6.45, 7) is 4.08. The number of carbonyl (C=O) groups excluding carboxylic acids is 2. The summed E-state index contributed by atoms with van der Waals surface area (Å²) in [5.74, 6) is -0.0830. The van der Waals surface area contributed by atoms with E-state index in [0.717, 1.165) is 16.8 Å². The number of benzene rings is 2. The number of hydrogen-bond donors (Lipinski definition) is 0. The van der Waals surface area contributed by atoms with Crippen LogP contribution in [0.25, 0.3) is 0 Å². The Morgan fingerprint density at radius 1 is 1.08 bits per heavy atom. The SMILES string of the molecule is CCN(C(=O)COC(=O)Cc1ccccc1OC)c1cccc(C)c1. The highest BCUT2D eigenvalue weighted by Gasteiger charge is 2.17. The lowest BCUT2D eigenvalue weighted by Gasteiger charge is -2.21. The molecular formula is C20H23NO4. The fraction of sp³-hybridized carbons (Fsp3) is 0.300. The van der Waals surface area contributed by atoms with E-state index < -0.39 is 5.97 Å². The van der Waals surface area contributed by atoms with Gasteiger partial charge in [0.1, 0.15) is 5.75 Å². The molecule has 5 nitrogen and oxygen atoms in total. The first-order valence-corrected chi connectivity index (χ1v) is 8.19. The summed E-state index contributed by atoms with van der Waals surface area (Å²) in [7, 11) is 1.55. The lowest BCUT2D eigenvalue weighted by atomic mass is 10.1. The molecule has 0 fully saturated rings. The topological polar surface area (TPSA) is 55.8 Å². The third kappa shape index (κ3) is 5.08. The maximum atomic E-state index is 12.4. The normalized spacial score (nSPS) is 10.2. The van der Waals surface area contributed by atoms with Crippen LogP contribution in [0.2, 0.25) is 0 Å². The highest BCUT2D eigenvalue weighted by atomic mass is 16.5. The van der Waals surface area contributed by atoms with E-state index in [-0.39, 0.29) is 18.9 Å². The van der Waals surface area contributed by atoms with Gasteiger partial charge in [0.15, 0.2) is 6.61 Å². The minimum Gasteiger partial charge on any atom is -0.496 e. The summed E-state index contributed by atoms with van der Waals surface area (Å²) in [4.78, 5) is 26.0. The van der Waals surface area contributed by atoms with E-state index in [1.54, 1.807) is 24.1 Å². The Labute approximate surface area is 148 Å². The van der Waals surface area contributed by atoms with Crippen molar-refractivity contribution in [3.05, 3.63) is 59.7 Å². The second-order valence-corrected chi connectivity index (χ2v) is 5.63. The predicted molar refractivity (Wildman–Crippen MR) is 96.9 cm³/mol. The number of para-hydroxylation sites is 1. The molecule has 0 atom stereocenters. The molecule has 1 amide bonds. The van der Waals surface area contributed by atoms with Crippen molar-refractivity contribution in [2.45, 2.75) is 20.3 Å². The first kappa shape index (κ1) is 18.5. The molecule has 0 aliphatic heterocycles. The largest absolute Gasteiger partial charge is 0.496 e. The molecule has 0 unspecified atom stereocenters. The molecule has 0 radical (unpaired) electrons. The van der Waals surface area contributed by atoms with Crippen molar-refractivity contribution in [3.63, 3.8) is 0 Å². The zero-order chi connectivity index (χ0) is 18.2. The average Bonchev–Trinajstić information content (AvgIpc) is 2.61. The zero-order valence-electron chi connectivity index (χ0n) is 14.8. The Bertz CT molecular complexity index is 742. The monoisotopic (exact) mass is 341 g/mol. The van der Waals surface area contributed by atoms with Gasteiger partial charge in [0.05, 0.1) is 13.5 Å². The van der Waals surface area contributed by atoms with E-state index in [0.29, 0.717) is 12.3 Å². The Morgan fingerprint density at radius 3 is 2.52 bits per heavy atom. The van der Waals surface area contributed by atoms with Crippen LogP contribution in [0.1, 0.15) is 18.1 Å². The number of aryl methyl sites for hydroxylation is 1.